The Balaban J connectivity index is 3.18. The summed E-state index contributed by atoms with van der Waals surface area (Å²) < 4.78 is 13.4. The number of benzene rings is 1. The molecule has 0 saturated carbocycles. The van der Waals surface area contributed by atoms with Gasteiger partial charge >= 0.3 is 0 Å². The summed E-state index contributed by atoms with van der Waals surface area (Å²) in [5.74, 6) is 4.89. The van der Waals surface area contributed by atoms with E-state index in [0.29, 0.717) is 18.5 Å². The summed E-state index contributed by atoms with van der Waals surface area (Å²) in [7, 11) is 0. The molecule has 0 saturated heterocycles. The summed E-state index contributed by atoms with van der Waals surface area (Å²) in [5.41, 5.74) is 0.759. The first-order valence-electron chi connectivity index (χ1n) is 6.71. The summed E-state index contributed by atoms with van der Waals surface area (Å²) >= 11 is 0. The SMILES string of the molecule is CCN(C(=O)c1cc(F)ccc1C#CCCO)C(C)C. The van der Waals surface area contributed by atoms with Crippen LogP contribution in [-0.4, -0.2) is 35.1 Å². The molecule has 20 heavy (non-hydrogen) atoms. The molecule has 0 fully saturated rings. The first-order valence-corrected chi connectivity index (χ1v) is 6.71. The van der Waals surface area contributed by atoms with Gasteiger partial charge in [0.05, 0.1) is 12.2 Å². The molecule has 0 spiro atoms. The van der Waals surface area contributed by atoms with Crippen LogP contribution in [0.4, 0.5) is 4.39 Å². The van der Waals surface area contributed by atoms with E-state index in [0.717, 1.165) is 0 Å². The molecular formula is C16H20FNO2. The van der Waals surface area contributed by atoms with E-state index in [-0.39, 0.29) is 24.1 Å². The smallest absolute Gasteiger partial charge is 0.255 e. The quantitative estimate of drug-likeness (QED) is 0.859. The van der Waals surface area contributed by atoms with E-state index < -0.39 is 5.82 Å². The van der Waals surface area contributed by atoms with E-state index in [1.807, 2.05) is 20.8 Å². The number of rotatable bonds is 4. The molecule has 0 aliphatic heterocycles. The van der Waals surface area contributed by atoms with Gasteiger partial charge in [0.25, 0.3) is 5.91 Å². The van der Waals surface area contributed by atoms with Gasteiger partial charge in [0, 0.05) is 24.6 Å². The molecular weight excluding hydrogens is 257 g/mol. The topological polar surface area (TPSA) is 40.5 Å². The third-order valence-electron chi connectivity index (χ3n) is 2.90. The van der Waals surface area contributed by atoms with Gasteiger partial charge in [-0.1, -0.05) is 11.8 Å². The van der Waals surface area contributed by atoms with E-state index in [1.54, 1.807) is 4.90 Å². The monoisotopic (exact) mass is 277 g/mol. The zero-order valence-corrected chi connectivity index (χ0v) is 12.1. The molecule has 0 aromatic heterocycles. The average Bonchev–Trinajstić information content (AvgIpc) is 2.40. The van der Waals surface area contributed by atoms with Crippen molar-refractivity contribution in [3.8, 4) is 11.8 Å². The maximum atomic E-state index is 13.4. The highest BCUT2D eigenvalue weighted by Gasteiger charge is 2.20. The van der Waals surface area contributed by atoms with Gasteiger partial charge in [-0.15, -0.1) is 0 Å². The fourth-order valence-electron chi connectivity index (χ4n) is 1.91. The number of carbonyl (C=O) groups excluding carboxylic acids is 1. The molecule has 0 aliphatic rings. The van der Waals surface area contributed by atoms with Crippen LogP contribution in [0.15, 0.2) is 18.2 Å². The molecule has 3 nitrogen and oxygen atoms in total. The fourth-order valence-corrected chi connectivity index (χ4v) is 1.91. The molecule has 0 aliphatic carbocycles. The highest BCUT2D eigenvalue weighted by atomic mass is 19.1. The van der Waals surface area contributed by atoms with E-state index in [9.17, 15) is 9.18 Å². The largest absolute Gasteiger partial charge is 0.395 e. The normalized spacial score (nSPS) is 10.1. The van der Waals surface area contributed by atoms with Crippen LogP contribution < -0.4 is 0 Å². The Morgan fingerprint density at radius 3 is 2.70 bits per heavy atom. The van der Waals surface area contributed by atoms with Gasteiger partial charge in [0.2, 0.25) is 0 Å². The number of hydrogen-bond donors (Lipinski definition) is 1. The van der Waals surface area contributed by atoms with Crippen molar-refractivity contribution in [1.82, 2.24) is 4.90 Å². The van der Waals surface area contributed by atoms with Crippen molar-refractivity contribution in [2.75, 3.05) is 13.2 Å². The van der Waals surface area contributed by atoms with Crippen molar-refractivity contribution in [2.24, 2.45) is 0 Å². The zero-order valence-electron chi connectivity index (χ0n) is 12.1. The molecule has 1 aromatic carbocycles. The molecule has 0 radical (unpaired) electrons. The number of aliphatic hydroxyl groups is 1. The van der Waals surface area contributed by atoms with Crippen molar-refractivity contribution < 1.29 is 14.3 Å². The third-order valence-corrected chi connectivity index (χ3v) is 2.90. The van der Waals surface area contributed by atoms with Gasteiger partial charge in [-0.3, -0.25) is 4.79 Å². The number of halogens is 1. The van der Waals surface area contributed by atoms with Crippen LogP contribution in [-0.2, 0) is 0 Å². The Kier molecular flexibility index (Phi) is 6.20. The molecule has 108 valence electrons. The van der Waals surface area contributed by atoms with Gasteiger partial charge in [-0.2, -0.15) is 0 Å². The number of hydrogen-bond acceptors (Lipinski definition) is 2. The third kappa shape index (κ3) is 4.07. The van der Waals surface area contributed by atoms with Crippen LogP contribution >= 0.6 is 0 Å². The Labute approximate surface area is 119 Å². The van der Waals surface area contributed by atoms with Crippen LogP contribution in [0, 0.1) is 17.7 Å². The van der Waals surface area contributed by atoms with Crippen LogP contribution in [0.25, 0.3) is 0 Å². The summed E-state index contributed by atoms with van der Waals surface area (Å²) in [6.07, 6.45) is 0.326. The first kappa shape index (κ1) is 16.2. The zero-order chi connectivity index (χ0) is 15.1. The predicted octanol–water partition coefficient (Wildman–Crippen LogP) is 2.43. The molecule has 1 amide bonds. The van der Waals surface area contributed by atoms with Gasteiger partial charge in [-0.05, 0) is 39.0 Å². The summed E-state index contributed by atoms with van der Waals surface area (Å²) in [6.45, 7) is 6.23. The number of amides is 1. The van der Waals surface area contributed by atoms with Crippen molar-refractivity contribution in [3.05, 3.63) is 35.1 Å². The fraction of sp³-hybridized carbons (Fsp3) is 0.438. The van der Waals surface area contributed by atoms with E-state index in [2.05, 4.69) is 11.8 Å². The summed E-state index contributed by atoms with van der Waals surface area (Å²) in [4.78, 5) is 14.1. The van der Waals surface area contributed by atoms with Crippen LogP contribution in [0.3, 0.4) is 0 Å². The van der Waals surface area contributed by atoms with Gasteiger partial charge < -0.3 is 10.0 Å². The second kappa shape index (κ2) is 7.66. The van der Waals surface area contributed by atoms with Crippen LogP contribution in [0.5, 0.6) is 0 Å². The van der Waals surface area contributed by atoms with Crippen molar-refractivity contribution >= 4 is 5.91 Å². The minimum absolute atomic E-state index is 0.0361. The van der Waals surface area contributed by atoms with E-state index >= 15 is 0 Å². The van der Waals surface area contributed by atoms with Gasteiger partial charge in [-0.25, -0.2) is 4.39 Å². The highest BCUT2D eigenvalue weighted by molar-refractivity contribution is 5.97. The van der Waals surface area contributed by atoms with Crippen LogP contribution in [0.1, 0.15) is 43.1 Å². The minimum atomic E-state index is -0.458. The predicted molar refractivity (Wildman–Crippen MR) is 76.8 cm³/mol. The maximum Gasteiger partial charge on any atom is 0.255 e. The van der Waals surface area contributed by atoms with Gasteiger partial charge in [0.15, 0.2) is 0 Å². The lowest BCUT2D eigenvalue weighted by Crippen LogP contribution is -2.37. The van der Waals surface area contributed by atoms with Crippen molar-refractivity contribution in [3.63, 3.8) is 0 Å². The highest BCUT2D eigenvalue weighted by Crippen LogP contribution is 2.15. The lowest BCUT2D eigenvalue weighted by atomic mass is 10.1. The summed E-state index contributed by atoms with van der Waals surface area (Å²) in [5, 5.41) is 8.73. The van der Waals surface area contributed by atoms with Crippen molar-refractivity contribution in [2.45, 2.75) is 33.2 Å². The maximum absolute atomic E-state index is 13.4. The second-order valence-corrected chi connectivity index (χ2v) is 4.65. The number of nitrogens with zero attached hydrogens (tertiary/aromatic N) is 1. The Morgan fingerprint density at radius 2 is 2.15 bits per heavy atom. The average molecular weight is 277 g/mol. The molecule has 0 atom stereocenters. The molecule has 0 heterocycles. The lowest BCUT2D eigenvalue weighted by molar-refractivity contribution is 0.0716. The molecule has 0 bridgehead atoms. The number of aliphatic hydroxyl groups excluding tert-OH is 1. The lowest BCUT2D eigenvalue weighted by Gasteiger charge is -2.25. The first-order chi connectivity index (χ1) is 9.51. The number of carbonyl (C=O) groups is 1. The second-order valence-electron chi connectivity index (χ2n) is 4.65. The van der Waals surface area contributed by atoms with E-state index in [4.69, 9.17) is 5.11 Å². The minimum Gasteiger partial charge on any atom is -0.395 e. The molecule has 1 rings (SSSR count). The Hall–Kier alpha value is -1.86. The Bertz CT molecular complexity index is 529. The molecule has 1 aromatic rings. The molecule has 0 unspecified atom stereocenters. The molecule has 4 heteroatoms. The van der Waals surface area contributed by atoms with Gasteiger partial charge in [0.1, 0.15) is 5.82 Å². The Morgan fingerprint density at radius 1 is 1.45 bits per heavy atom. The van der Waals surface area contributed by atoms with E-state index in [1.165, 1.54) is 18.2 Å². The standard InChI is InChI=1S/C16H20FNO2/c1-4-18(12(2)3)16(20)15-11-14(17)9-8-13(15)7-5-6-10-19/h8-9,11-12,19H,4,6,10H2,1-3H3. The van der Waals surface area contributed by atoms with Crippen molar-refractivity contribution in [1.29, 1.82) is 0 Å². The summed E-state index contributed by atoms with van der Waals surface area (Å²) in [6, 6.07) is 4.04. The molecule has 1 N–H and O–H groups in total. The van der Waals surface area contributed by atoms with Crippen LogP contribution in [0.2, 0.25) is 0 Å².